The zero-order valence-electron chi connectivity index (χ0n) is 14.4. The van der Waals surface area contributed by atoms with Crippen LogP contribution in [-0.4, -0.2) is 17.6 Å². The van der Waals surface area contributed by atoms with Crippen molar-refractivity contribution in [3.8, 4) is 11.3 Å². The maximum Gasteiger partial charge on any atom is 0.220 e. The van der Waals surface area contributed by atoms with Crippen LogP contribution in [0.25, 0.3) is 11.3 Å². The van der Waals surface area contributed by atoms with Gasteiger partial charge in [-0.25, -0.2) is 4.99 Å². The molecule has 4 N–H and O–H groups in total. The molecule has 1 aliphatic carbocycles. The molecule has 1 spiro atoms. The van der Waals surface area contributed by atoms with Gasteiger partial charge in [0.15, 0.2) is 0 Å². The summed E-state index contributed by atoms with van der Waals surface area (Å²) in [6.45, 7) is 1.94. The Labute approximate surface area is 147 Å². The number of aryl methyl sites for hydroxylation is 1. The molecular formula is C19H23N5O. The molecule has 0 amide bonds. The summed E-state index contributed by atoms with van der Waals surface area (Å²) >= 11 is 0. The van der Waals surface area contributed by atoms with Gasteiger partial charge in [-0.1, -0.05) is 18.6 Å². The Hall–Kier alpha value is -2.76. The molecule has 0 radical (unpaired) electrons. The van der Waals surface area contributed by atoms with Crippen LogP contribution in [0.5, 0.6) is 0 Å². The first-order valence-corrected chi connectivity index (χ1v) is 8.74. The molecule has 1 aromatic carbocycles. The molecule has 0 unspecified atom stereocenters. The lowest BCUT2D eigenvalue weighted by Gasteiger charge is -2.45. The van der Waals surface area contributed by atoms with Crippen molar-refractivity contribution in [3.05, 3.63) is 42.2 Å². The quantitative estimate of drug-likeness (QED) is 0.878. The Morgan fingerprint density at radius 3 is 2.60 bits per heavy atom. The lowest BCUT2D eigenvalue weighted by molar-refractivity contribution is 0.305. The fourth-order valence-electron chi connectivity index (χ4n) is 3.88. The molecule has 2 aromatic rings. The molecule has 25 heavy (non-hydrogen) atoms. The van der Waals surface area contributed by atoms with Gasteiger partial charge in [-0.2, -0.15) is 4.99 Å². The van der Waals surface area contributed by atoms with E-state index in [-0.39, 0.29) is 5.96 Å². The van der Waals surface area contributed by atoms with E-state index >= 15 is 0 Å². The van der Waals surface area contributed by atoms with Gasteiger partial charge in [0, 0.05) is 11.3 Å². The minimum atomic E-state index is -0.425. The van der Waals surface area contributed by atoms with E-state index in [0.29, 0.717) is 5.96 Å². The van der Waals surface area contributed by atoms with E-state index in [1.165, 1.54) is 6.42 Å². The molecule has 6 nitrogen and oxygen atoms in total. The van der Waals surface area contributed by atoms with E-state index in [1.807, 2.05) is 42.2 Å². The number of benzene rings is 1. The zero-order valence-corrected chi connectivity index (χ0v) is 14.4. The normalized spacial score (nSPS) is 19.6. The van der Waals surface area contributed by atoms with Gasteiger partial charge in [0.2, 0.25) is 11.9 Å². The van der Waals surface area contributed by atoms with E-state index in [9.17, 15) is 0 Å². The van der Waals surface area contributed by atoms with Gasteiger partial charge in [-0.3, -0.25) is 4.90 Å². The van der Waals surface area contributed by atoms with Crippen molar-refractivity contribution in [2.75, 3.05) is 4.90 Å². The second kappa shape index (κ2) is 5.95. The van der Waals surface area contributed by atoms with Crippen LogP contribution in [0.1, 0.15) is 37.9 Å². The number of hydrogen-bond acceptors (Lipinski definition) is 6. The Morgan fingerprint density at radius 2 is 1.88 bits per heavy atom. The van der Waals surface area contributed by atoms with Gasteiger partial charge in [0.1, 0.15) is 17.2 Å². The zero-order chi connectivity index (χ0) is 17.4. The molecule has 1 fully saturated rings. The third-order valence-electron chi connectivity index (χ3n) is 4.98. The average molecular weight is 337 g/mol. The fraction of sp³-hybridized carbons (Fsp3) is 0.368. The second-order valence-electron chi connectivity index (χ2n) is 6.78. The van der Waals surface area contributed by atoms with Crippen LogP contribution in [-0.2, 0) is 0 Å². The Balaban J connectivity index is 1.78. The predicted molar refractivity (Wildman–Crippen MR) is 100 cm³/mol. The molecular weight excluding hydrogens is 314 g/mol. The van der Waals surface area contributed by atoms with Crippen LogP contribution in [0, 0.1) is 6.92 Å². The molecule has 0 bridgehead atoms. The first-order chi connectivity index (χ1) is 12.1. The third kappa shape index (κ3) is 2.77. The number of furan rings is 1. The Bertz CT molecular complexity index is 845. The van der Waals surface area contributed by atoms with E-state index in [4.69, 9.17) is 20.9 Å². The van der Waals surface area contributed by atoms with Crippen LogP contribution in [0.3, 0.4) is 0 Å². The lowest BCUT2D eigenvalue weighted by Crippen LogP contribution is -2.58. The third-order valence-corrected chi connectivity index (χ3v) is 4.98. The summed E-state index contributed by atoms with van der Waals surface area (Å²) in [6, 6.07) is 12.1. The van der Waals surface area contributed by atoms with Crippen LogP contribution in [0.2, 0.25) is 0 Å². The molecule has 0 saturated heterocycles. The summed E-state index contributed by atoms with van der Waals surface area (Å²) in [7, 11) is 0. The summed E-state index contributed by atoms with van der Waals surface area (Å²) in [5, 5.41) is 0. The molecule has 1 aliphatic heterocycles. The highest BCUT2D eigenvalue weighted by Crippen LogP contribution is 2.40. The Kier molecular flexibility index (Phi) is 3.75. The van der Waals surface area contributed by atoms with E-state index in [2.05, 4.69) is 11.1 Å². The minimum Gasteiger partial charge on any atom is -0.461 e. The van der Waals surface area contributed by atoms with Crippen LogP contribution < -0.4 is 16.4 Å². The molecule has 4 rings (SSSR count). The van der Waals surface area contributed by atoms with Crippen LogP contribution >= 0.6 is 0 Å². The second-order valence-corrected chi connectivity index (χ2v) is 6.78. The molecule has 0 atom stereocenters. The maximum absolute atomic E-state index is 6.29. The summed E-state index contributed by atoms with van der Waals surface area (Å²) < 4.78 is 5.77. The highest BCUT2D eigenvalue weighted by molar-refractivity contribution is 6.05. The van der Waals surface area contributed by atoms with Gasteiger partial charge in [0.25, 0.3) is 0 Å². The highest BCUT2D eigenvalue weighted by Gasteiger charge is 2.42. The fourth-order valence-corrected chi connectivity index (χ4v) is 3.88. The number of rotatable bonds is 2. The van der Waals surface area contributed by atoms with Crippen molar-refractivity contribution in [1.82, 2.24) is 0 Å². The van der Waals surface area contributed by atoms with Crippen molar-refractivity contribution in [2.45, 2.75) is 44.7 Å². The maximum atomic E-state index is 6.29. The van der Waals surface area contributed by atoms with Crippen molar-refractivity contribution in [3.63, 3.8) is 0 Å². The van der Waals surface area contributed by atoms with E-state index in [0.717, 1.165) is 48.5 Å². The number of anilines is 1. The molecule has 130 valence electrons. The van der Waals surface area contributed by atoms with E-state index < -0.39 is 5.66 Å². The van der Waals surface area contributed by atoms with Gasteiger partial charge >= 0.3 is 0 Å². The number of nitrogens with two attached hydrogens (primary N) is 2. The van der Waals surface area contributed by atoms with Crippen molar-refractivity contribution >= 4 is 17.6 Å². The monoisotopic (exact) mass is 337 g/mol. The average Bonchev–Trinajstić information content (AvgIpc) is 3.01. The Morgan fingerprint density at radius 1 is 1.08 bits per heavy atom. The molecule has 2 aliphatic rings. The molecule has 1 aromatic heterocycles. The minimum absolute atomic E-state index is 0.272. The molecule has 6 heteroatoms. The summed E-state index contributed by atoms with van der Waals surface area (Å²) in [5.41, 5.74) is 13.8. The molecule has 1 saturated carbocycles. The molecule has 2 heterocycles. The number of aliphatic imine (C=N–C) groups is 2. The number of hydrogen-bond donors (Lipinski definition) is 2. The van der Waals surface area contributed by atoms with Crippen LogP contribution in [0.4, 0.5) is 5.69 Å². The SMILES string of the molecule is Cc1ccc(-c2cccc(N3C(N)=NC(N)=NC34CCCCC4)c2)o1. The topological polar surface area (TPSA) is 93.1 Å². The summed E-state index contributed by atoms with van der Waals surface area (Å²) in [5.74, 6) is 2.41. The standard InChI is InChI=1S/C19H23N5O/c1-13-8-9-16(25-13)14-6-5-7-15(12-14)24-18(21)22-17(20)23-19(24)10-3-2-4-11-19/h5-9,12H,2-4,10-11H2,1H3,(H4,20,21,22,23). The van der Waals surface area contributed by atoms with Crippen molar-refractivity contribution in [2.24, 2.45) is 21.5 Å². The lowest BCUT2D eigenvalue weighted by atomic mass is 9.87. The van der Waals surface area contributed by atoms with Crippen molar-refractivity contribution < 1.29 is 4.42 Å². The van der Waals surface area contributed by atoms with Gasteiger partial charge in [-0.05, 0) is 56.9 Å². The number of guanidine groups is 2. The van der Waals surface area contributed by atoms with Crippen LogP contribution in [0.15, 0.2) is 50.8 Å². The predicted octanol–water partition coefficient (Wildman–Crippen LogP) is 3.36. The van der Waals surface area contributed by atoms with Gasteiger partial charge < -0.3 is 15.9 Å². The summed E-state index contributed by atoms with van der Waals surface area (Å²) in [4.78, 5) is 11.0. The summed E-state index contributed by atoms with van der Waals surface area (Å²) in [6.07, 6.45) is 5.28. The van der Waals surface area contributed by atoms with E-state index in [1.54, 1.807) is 0 Å². The van der Waals surface area contributed by atoms with Gasteiger partial charge in [-0.15, -0.1) is 0 Å². The smallest absolute Gasteiger partial charge is 0.220 e. The highest BCUT2D eigenvalue weighted by atomic mass is 16.3. The largest absolute Gasteiger partial charge is 0.461 e. The first-order valence-electron chi connectivity index (χ1n) is 8.74. The number of nitrogens with zero attached hydrogens (tertiary/aromatic N) is 3. The van der Waals surface area contributed by atoms with Crippen molar-refractivity contribution in [1.29, 1.82) is 0 Å². The first kappa shape index (κ1) is 15.7. The van der Waals surface area contributed by atoms with Gasteiger partial charge in [0.05, 0.1) is 0 Å².